The molecule has 1 aromatic heterocycles. The molecule has 9 heteroatoms. The largest absolute Gasteiger partial charge is 0.507 e. The second-order valence-electron chi connectivity index (χ2n) is 7.62. The lowest BCUT2D eigenvalue weighted by Gasteiger charge is -2.21. The smallest absolute Gasteiger partial charge is 0.251 e. The summed E-state index contributed by atoms with van der Waals surface area (Å²) < 4.78 is 0. The van der Waals surface area contributed by atoms with Gasteiger partial charge in [0.25, 0.3) is 11.8 Å². The van der Waals surface area contributed by atoms with E-state index >= 15 is 0 Å². The molecule has 8 nitrogen and oxygen atoms in total. The van der Waals surface area contributed by atoms with Crippen molar-refractivity contribution in [3.05, 3.63) is 94.3 Å². The number of pyridine rings is 1. The number of hydrogen-bond acceptors (Lipinski definition) is 6. The van der Waals surface area contributed by atoms with Crippen molar-refractivity contribution in [3.63, 3.8) is 0 Å². The zero-order valence-electron chi connectivity index (χ0n) is 17.4. The predicted octanol–water partition coefficient (Wildman–Crippen LogP) is 2.17. The van der Waals surface area contributed by atoms with E-state index in [0.717, 1.165) is 0 Å². The normalized spacial score (nSPS) is 17.4. The SMILES string of the molecule is O=C(NC1CNC[C@H]1NC(=O)c1ccncc1)c1ccc(C(=O)c2cc(Cl)ccc2O)cc1. The Hall–Kier alpha value is -3.75. The van der Waals surface area contributed by atoms with Crippen LogP contribution in [0, 0.1) is 0 Å². The summed E-state index contributed by atoms with van der Waals surface area (Å²) in [7, 11) is 0. The standard InChI is InChI=1S/C24H21ClN4O4/c25-17-5-6-21(30)18(11-17)22(31)14-1-3-15(4-2-14)23(32)28-19-12-27-13-20(19)29-24(33)16-7-9-26-10-8-16/h1-11,19-20,27,30H,12-13H2,(H,28,32)(H,29,33)/t19?,20-/m1/s1. The van der Waals surface area contributed by atoms with Crippen LogP contribution in [0.5, 0.6) is 5.75 Å². The molecule has 2 atom stereocenters. The fourth-order valence-corrected chi connectivity index (χ4v) is 3.78. The van der Waals surface area contributed by atoms with Gasteiger partial charge in [-0.1, -0.05) is 23.7 Å². The predicted molar refractivity (Wildman–Crippen MR) is 123 cm³/mol. The summed E-state index contributed by atoms with van der Waals surface area (Å²) in [6.45, 7) is 1.04. The molecule has 2 heterocycles. The number of phenolic OH excluding ortho intramolecular Hbond substituents is 1. The first-order valence-corrected chi connectivity index (χ1v) is 10.7. The number of rotatable bonds is 6. The van der Waals surface area contributed by atoms with E-state index in [2.05, 4.69) is 20.9 Å². The molecule has 3 aromatic rings. The van der Waals surface area contributed by atoms with Crippen LogP contribution in [0.25, 0.3) is 0 Å². The van der Waals surface area contributed by atoms with Crippen molar-refractivity contribution in [2.75, 3.05) is 13.1 Å². The fourth-order valence-electron chi connectivity index (χ4n) is 3.61. The van der Waals surface area contributed by atoms with Gasteiger partial charge in [0.2, 0.25) is 0 Å². The van der Waals surface area contributed by atoms with E-state index < -0.39 is 5.78 Å². The number of nitrogens with one attached hydrogen (secondary N) is 3. The van der Waals surface area contributed by atoms with Crippen molar-refractivity contribution in [2.45, 2.75) is 12.1 Å². The van der Waals surface area contributed by atoms with Gasteiger partial charge >= 0.3 is 0 Å². The van der Waals surface area contributed by atoms with Crippen LogP contribution in [0.1, 0.15) is 36.6 Å². The average molecular weight is 465 g/mol. The van der Waals surface area contributed by atoms with Gasteiger partial charge in [-0.25, -0.2) is 0 Å². The third-order valence-electron chi connectivity index (χ3n) is 5.40. The number of aromatic hydroxyl groups is 1. The van der Waals surface area contributed by atoms with Gasteiger partial charge in [-0.15, -0.1) is 0 Å². The molecule has 1 fully saturated rings. The summed E-state index contributed by atoms with van der Waals surface area (Å²) in [5.74, 6) is -1.13. The number of carbonyl (C=O) groups is 3. The molecule has 1 aliphatic rings. The van der Waals surface area contributed by atoms with E-state index in [4.69, 9.17) is 11.6 Å². The number of amides is 2. The lowest BCUT2D eigenvalue weighted by molar-refractivity contribution is 0.0896. The fraction of sp³-hybridized carbons (Fsp3) is 0.167. The molecule has 33 heavy (non-hydrogen) atoms. The highest BCUT2D eigenvalue weighted by Gasteiger charge is 2.30. The highest BCUT2D eigenvalue weighted by Crippen LogP contribution is 2.24. The highest BCUT2D eigenvalue weighted by atomic mass is 35.5. The van der Waals surface area contributed by atoms with Gasteiger partial charge in [-0.2, -0.15) is 0 Å². The van der Waals surface area contributed by atoms with Gasteiger partial charge in [0.1, 0.15) is 5.75 Å². The summed E-state index contributed by atoms with van der Waals surface area (Å²) in [4.78, 5) is 41.7. The second kappa shape index (κ2) is 9.81. The second-order valence-corrected chi connectivity index (χ2v) is 8.06. The Labute approximate surface area is 195 Å². The van der Waals surface area contributed by atoms with Crippen LogP contribution in [0.15, 0.2) is 67.0 Å². The molecule has 4 rings (SSSR count). The first-order chi connectivity index (χ1) is 15.9. The van der Waals surface area contributed by atoms with Gasteiger partial charge in [0.15, 0.2) is 5.78 Å². The first-order valence-electron chi connectivity index (χ1n) is 10.3. The van der Waals surface area contributed by atoms with Crippen LogP contribution in [0.4, 0.5) is 0 Å². The third kappa shape index (κ3) is 5.19. The van der Waals surface area contributed by atoms with E-state index in [1.807, 2.05) is 0 Å². The maximum atomic E-state index is 12.7. The molecule has 0 bridgehead atoms. The minimum Gasteiger partial charge on any atom is -0.507 e. The molecule has 2 aromatic carbocycles. The summed E-state index contributed by atoms with van der Waals surface area (Å²) in [5, 5.41) is 19.3. The molecular weight excluding hydrogens is 444 g/mol. The molecule has 4 N–H and O–H groups in total. The number of carbonyl (C=O) groups excluding carboxylic acids is 3. The van der Waals surface area contributed by atoms with Gasteiger partial charge in [0, 0.05) is 47.2 Å². The Kier molecular flexibility index (Phi) is 6.67. The van der Waals surface area contributed by atoms with E-state index in [0.29, 0.717) is 34.8 Å². The monoisotopic (exact) mass is 464 g/mol. The molecule has 0 aliphatic carbocycles. The summed E-state index contributed by atoms with van der Waals surface area (Å²) >= 11 is 5.92. The zero-order valence-corrected chi connectivity index (χ0v) is 18.2. The van der Waals surface area contributed by atoms with E-state index in [1.54, 1.807) is 24.5 Å². The topological polar surface area (TPSA) is 120 Å². The summed E-state index contributed by atoms with van der Waals surface area (Å²) in [6.07, 6.45) is 3.09. The molecule has 0 radical (unpaired) electrons. The minimum atomic E-state index is -0.402. The van der Waals surface area contributed by atoms with Crippen LogP contribution in [-0.4, -0.2) is 52.9 Å². The van der Waals surface area contributed by atoms with Gasteiger partial charge in [0.05, 0.1) is 17.6 Å². The van der Waals surface area contributed by atoms with Crippen LogP contribution in [0.2, 0.25) is 5.02 Å². The van der Waals surface area contributed by atoms with Gasteiger partial charge in [-0.3, -0.25) is 19.4 Å². The van der Waals surface area contributed by atoms with Crippen LogP contribution in [0.3, 0.4) is 0 Å². The Balaban J connectivity index is 1.40. The zero-order chi connectivity index (χ0) is 23.4. The number of phenols is 1. The molecule has 0 saturated carbocycles. The lowest BCUT2D eigenvalue weighted by atomic mass is 10.0. The van der Waals surface area contributed by atoms with E-state index in [-0.39, 0.29) is 35.2 Å². The molecule has 1 unspecified atom stereocenters. The number of aromatic nitrogens is 1. The quantitative estimate of drug-likeness (QED) is 0.415. The molecule has 1 aliphatic heterocycles. The Morgan fingerprint density at radius 1 is 0.848 bits per heavy atom. The molecule has 0 spiro atoms. The van der Waals surface area contributed by atoms with Crippen molar-refractivity contribution in [1.29, 1.82) is 0 Å². The number of hydrogen-bond donors (Lipinski definition) is 4. The first kappa shape index (κ1) is 22.4. The number of benzene rings is 2. The Morgan fingerprint density at radius 2 is 1.39 bits per heavy atom. The van der Waals surface area contributed by atoms with Crippen molar-refractivity contribution in [1.82, 2.24) is 20.9 Å². The van der Waals surface area contributed by atoms with Crippen molar-refractivity contribution >= 4 is 29.2 Å². The number of ketones is 1. The van der Waals surface area contributed by atoms with E-state index in [9.17, 15) is 19.5 Å². The maximum absolute atomic E-state index is 12.7. The average Bonchev–Trinajstić information content (AvgIpc) is 3.27. The molecular formula is C24H21ClN4O4. The van der Waals surface area contributed by atoms with Gasteiger partial charge < -0.3 is 21.1 Å². The van der Waals surface area contributed by atoms with Crippen molar-refractivity contribution < 1.29 is 19.5 Å². The van der Waals surface area contributed by atoms with E-state index in [1.165, 1.54) is 42.5 Å². The molecule has 2 amide bonds. The number of nitrogens with zero attached hydrogens (tertiary/aromatic N) is 1. The summed E-state index contributed by atoms with van der Waals surface area (Å²) in [6, 6.07) is 13.0. The molecule has 168 valence electrons. The number of halogens is 1. The Morgan fingerprint density at radius 3 is 2.00 bits per heavy atom. The lowest BCUT2D eigenvalue weighted by Crippen LogP contribution is -2.51. The van der Waals surface area contributed by atoms with Gasteiger partial charge in [-0.05, 0) is 42.5 Å². The van der Waals surface area contributed by atoms with Crippen LogP contribution < -0.4 is 16.0 Å². The minimum absolute atomic E-state index is 0.0875. The van der Waals surface area contributed by atoms with Crippen LogP contribution in [-0.2, 0) is 0 Å². The maximum Gasteiger partial charge on any atom is 0.251 e. The van der Waals surface area contributed by atoms with Crippen LogP contribution >= 0.6 is 11.6 Å². The molecule has 1 saturated heterocycles. The van der Waals surface area contributed by atoms with Crippen molar-refractivity contribution in [3.8, 4) is 5.75 Å². The van der Waals surface area contributed by atoms with Crippen molar-refractivity contribution in [2.24, 2.45) is 0 Å². The highest BCUT2D eigenvalue weighted by molar-refractivity contribution is 6.31. The summed E-state index contributed by atoms with van der Waals surface area (Å²) in [5.41, 5.74) is 1.26. The Bertz CT molecular complexity index is 1180. The third-order valence-corrected chi connectivity index (χ3v) is 5.64.